The van der Waals surface area contributed by atoms with Crippen LogP contribution in [0.15, 0.2) is 29.2 Å². The molecule has 1 saturated carbocycles. The summed E-state index contributed by atoms with van der Waals surface area (Å²) in [6.07, 6.45) is 9.93. The van der Waals surface area contributed by atoms with Gasteiger partial charge in [0.15, 0.2) is 5.12 Å². The van der Waals surface area contributed by atoms with Crippen LogP contribution in [0, 0.1) is 17.3 Å². The van der Waals surface area contributed by atoms with Gasteiger partial charge in [-0.2, -0.15) is 0 Å². The minimum atomic E-state index is -0.295. The second-order valence-electron chi connectivity index (χ2n) is 9.88. The van der Waals surface area contributed by atoms with E-state index in [0.717, 1.165) is 55.5 Å². The predicted octanol–water partition coefficient (Wildman–Crippen LogP) is 6.28. The van der Waals surface area contributed by atoms with E-state index in [1.165, 1.54) is 18.2 Å². The van der Waals surface area contributed by atoms with E-state index in [0.29, 0.717) is 31.8 Å². The molecule has 3 rings (SSSR count). The van der Waals surface area contributed by atoms with E-state index in [-0.39, 0.29) is 28.3 Å². The van der Waals surface area contributed by atoms with Crippen molar-refractivity contribution in [3.63, 3.8) is 0 Å². The maximum absolute atomic E-state index is 13.7. The van der Waals surface area contributed by atoms with Crippen LogP contribution < -0.4 is 5.32 Å². The molecule has 0 atom stereocenters. The first-order chi connectivity index (χ1) is 15.9. The number of hydrogen-bond donors (Lipinski definition) is 1. The summed E-state index contributed by atoms with van der Waals surface area (Å²) < 4.78 is 0. The van der Waals surface area contributed by atoms with Crippen molar-refractivity contribution in [3.05, 3.63) is 24.3 Å². The number of likely N-dealkylation sites (tertiary alicyclic amines) is 1. The molecule has 2 amide bonds. The van der Waals surface area contributed by atoms with E-state index >= 15 is 0 Å². The predicted molar refractivity (Wildman–Crippen MR) is 135 cm³/mol. The van der Waals surface area contributed by atoms with Crippen LogP contribution in [0.5, 0.6) is 0 Å². The van der Waals surface area contributed by atoms with Crippen molar-refractivity contribution in [1.29, 1.82) is 0 Å². The van der Waals surface area contributed by atoms with Crippen LogP contribution >= 0.6 is 11.8 Å². The quantitative estimate of drug-likeness (QED) is 0.452. The third-order valence-electron chi connectivity index (χ3n) is 7.75. The highest BCUT2D eigenvalue weighted by atomic mass is 32.2. The van der Waals surface area contributed by atoms with E-state index in [9.17, 15) is 14.4 Å². The number of carbonyl (C=O) groups is 3. The summed E-state index contributed by atoms with van der Waals surface area (Å²) >= 11 is 1.24. The highest BCUT2D eigenvalue weighted by molar-refractivity contribution is 8.13. The maximum Gasteiger partial charge on any atom is 0.230 e. The summed E-state index contributed by atoms with van der Waals surface area (Å²) in [5.74, 6) is 0.728. The van der Waals surface area contributed by atoms with E-state index in [4.69, 9.17) is 0 Å². The van der Waals surface area contributed by atoms with Gasteiger partial charge in [-0.15, -0.1) is 0 Å². The Balaban J connectivity index is 1.69. The smallest absolute Gasteiger partial charge is 0.230 e. The van der Waals surface area contributed by atoms with E-state index in [1.807, 2.05) is 29.2 Å². The molecule has 1 aromatic rings. The largest absolute Gasteiger partial charge is 0.343 e. The Morgan fingerprint density at radius 1 is 1.06 bits per heavy atom. The third kappa shape index (κ3) is 6.62. The monoisotopic (exact) mass is 472 g/mol. The van der Waals surface area contributed by atoms with Crippen LogP contribution in [0.4, 0.5) is 5.69 Å². The standard InChI is InChI=1S/C27H40N2O3S/c1-4-21(5-2)19-27(15-9-6-10-16-27)26(32)28-23-11-7-8-12-24(23)33-25(31)22-13-17-29(18-14-22)20(3)30/h7-8,11-12,21-22H,4-6,9-10,13-19H2,1-3H3,(H,28,32). The SMILES string of the molecule is CCC(CC)CC1(C(=O)Nc2ccccc2SC(=O)C2CCN(C(C)=O)CC2)CCCCC1. The number of nitrogens with zero attached hydrogens (tertiary/aromatic N) is 1. The summed E-state index contributed by atoms with van der Waals surface area (Å²) in [7, 11) is 0. The molecule has 1 heterocycles. The van der Waals surface area contributed by atoms with Gasteiger partial charge in [-0.05, 0) is 61.9 Å². The molecule has 1 aliphatic carbocycles. The number of rotatable bonds is 8. The number of nitrogens with one attached hydrogen (secondary N) is 1. The molecule has 182 valence electrons. The lowest BCUT2D eigenvalue weighted by Gasteiger charge is -2.38. The van der Waals surface area contributed by atoms with Gasteiger partial charge in [-0.25, -0.2) is 0 Å². The Labute approximate surface area is 203 Å². The van der Waals surface area contributed by atoms with Gasteiger partial charge in [0, 0.05) is 36.2 Å². The van der Waals surface area contributed by atoms with Gasteiger partial charge in [0.2, 0.25) is 11.8 Å². The molecule has 1 N–H and O–H groups in total. The zero-order chi connectivity index (χ0) is 23.8. The topological polar surface area (TPSA) is 66.5 Å². The second-order valence-corrected chi connectivity index (χ2v) is 10.9. The van der Waals surface area contributed by atoms with Gasteiger partial charge in [0.25, 0.3) is 0 Å². The summed E-state index contributed by atoms with van der Waals surface area (Å²) in [5, 5.41) is 3.37. The molecule has 0 unspecified atom stereocenters. The van der Waals surface area contributed by atoms with Crippen LogP contribution in [-0.4, -0.2) is 34.9 Å². The number of carbonyl (C=O) groups excluding carboxylic acids is 3. The molecule has 33 heavy (non-hydrogen) atoms. The summed E-state index contributed by atoms with van der Waals surface area (Å²) in [4.78, 5) is 40.9. The lowest BCUT2D eigenvalue weighted by atomic mass is 9.67. The summed E-state index contributed by atoms with van der Waals surface area (Å²) in [5.41, 5.74) is 0.451. The van der Waals surface area contributed by atoms with Crippen molar-refractivity contribution >= 4 is 34.4 Å². The highest BCUT2D eigenvalue weighted by Gasteiger charge is 2.41. The first-order valence-electron chi connectivity index (χ1n) is 12.8. The fourth-order valence-corrected chi connectivity index (χ4v) is 6.41. The van der Waals surface area contributed by atoms with Crippen LogP contribution in [0.2, 0.25) is 0 Å². The Bertz CT molecular complexity index is 822. The third-order valence-corrected chi connectivity index (χ3v) is 8.86. The highest BCUT2D eigenvalue weighted by Crippen LogP contribution is 2.44. The number of para-hydroxylation sites is 1. The van der Waals surface area contributed by atoms with E-state index in [1.54, 1.807) is 6.92 Å². The van der Waals surface area contributed by atoms with E-state index < -0.39 is 0 Å². The molecule has 0 spiro atoms. The molecule has 6 heteroatoms. The van der Waals surface area contributed by atoms with Gasteiger partial charge in [0.05, 0.1) is 5.69 Å². The van der Waals surface area contributed by atoms with Gasteiger partial charge in [-0.1, -0.05) is 58.1 Å². The first-order valence-corrected chi connectivity index (χ1v) is 13.6. The van der Waals surface area contributed by atoms with Gasteiger partial charge in [0.1, 0.15) is 0 Å². The van der Waals surface area contributed by atoms with Crippen molar-refractivity contribution in [2.75, 3.05) is 18.4 Å². The Kier molecular flexibility index (Phi) is 9.42. The van der Waals surface area contributed by atoms with Gasteiger partial charge in [-0.3, -0.25) is 14.4 Å². The number of anilines is 1. The average Bonchev–Trinajstić information content (AvgIpc) is 2.84. The fourth-order valence-electron chi connectivity index (χ4n) is 5.42. The molecular weight excluding hydrogens is 432 g/mol. The second kappa shape index (κ2) is 12.0. The normalized spacial score (nSPS) is 18.8. The molecular formula is C27H40N2O3S. The van der Waals surface area contributed by atoms with Crippen LogP contribution in [0.25, 0.3) is 0 Å². The molecule has 5 nitrogen and oxygen atoms in total. The molecule has 1 saturated heterocycles. The Morgan fingerprint density at radius 2 is 1.70 bits per heavy atom. The number of piperidine rings is 1. The van der Waals surface area contributed by atoms with Crippen LogP contribution in [0.3, 0.4) is 0 Å². The van der Waals surface area contributed by atoms with Crippen molar-refractivity contribution in [2.24, 2.45) is 17.3 Å². The maximum atomic E-state index is 13.7. The van der Waals surface area contributed by atoms with Crippen molar-refractivity contribution < 1.29 is 14.4 Å². The molecule has 0 aromatic heterocycles. The first kappa shape index (κ1) is 25.8. The summed E-state index contributed by atoms with van der Waals surface area (Å²) in [6.45, 7) is 7.31. The fraction of sp³-hybridized carbons (Fsp3) is 0.667. The summed E-state index contributed by atoms with van der Waals surface area (Å²) in [6, 6.07) is 7.69. The van der Waals surface area contributed by atoms with E-state index in [2.05, 4.69) is 19.2 Å². The Hall–Kier alpha value is -1.82. The molecule has 1 aliphatic heterocycles. The average molecular weight is 473 g/mol. The Morgan fingerprint density at radius 3 is 2.30 bits per heavy atom. The van der Waals surface area contributed by atoms with Crippen molar-refractivity contribution in [1.82, 2.24) is 4.90 Å². The van der Waals surface area contributed by atoms with Gasteiger partial charge < -0.3 is 10.2 Å². The number of hydrogen-bond acceptors (Lipinski definition) is 4. The number of benzene rings is 1. The van der Waals surface area contributed by atoms with Crippen LogP contribution in [-0.2, 0) is 14.4 Å². The molecule has 2 aliphatic rings. The lowest BCUT2D eigenvalue weighted by molar-refractivity contribution is -0.131. The molecule has 1 aromatic carbocycles. The molecule has 0 bridgehead atoms. The zero-order valence-corrected chi connectivity index (χ0v) is 21.3. The van der Waals surface area contributed by atoms with Crippen LogP contribution in [0.1, 0.15) is 85.0 Å². The molecule has 2 fully saturated rings. The minimum Gasteiger partial charge on any atom is -0.343 e. The molecule has 0 radical (unpaired) electrons. The number of thioether (sulfide) groups is 1. The minimum absolute atomic E-state index is 0.0473. The number of amides is 2. The van der Waals surface area contributed by atoms with Crippen molar-refractivity contribution in [3.8, 4) is 0 Å². The van der Waals surface area contributed by atoms with Gasteiger partial charge >= 0.3 is 0 Å². The van der Waals surface area contributed by atoms with Crippen molar-refractivity contribution in [2.45, 2.75) is 89.9 Å². The zero-order valence-electron chi connectivity index (χ0n) is 20.5. The lowest BCUT2D eigenvalue weighted by Crippen LogP contribution is -2.40.